The molecule has 7 aromatic carbocycles. The van der Waals surface area contributed by atoms with E-state index in [9.17, 15) is 0 Å². The number of aromatic nitrogens is 5. The molecule has 0 fully saturated rings. The molecule has 6 nitrogen and oxygen atoms in total. The van der Waals surface area contributed by atoms with Crippen molar-refractivity contribution >= 4 is 27.5 Å². The maximum atomic E-state index is 7.88. The summed E-state index contributed by atoms with van der Waals surface area (Å²) in [5, 5.41) is 2.17. The Kier molecular flexibility index (Phi) is 8.44. The number of hydrogen-bond donors (Lipinski definition) is 0. The SMILES string of the molecule is [C-]#[N+]c1ccc2c3ccccc3n(-c3ccc(-c4nc(-c5ccccc5)cc(-c5ccccc5)n4)cc3-c3cc(-c4ccccc4)nc(-c4ccccc4)n3)c2c1. The van der Waals surface area contributed by atoms with Gasteiger partial charge in [-0.25, -0.2) is 24.8 Å². The zero-order chi connectivity index (χ0) is 38.1. The Bertz CT molecular complexity index is 3000. The van der Waals surface area contributed by atoms with E-state index in [1.165, 1.54) is 0 Å². The highest BCUT2D eigenvalue weighted by Gasteiger charge is 2.21. The third-order valence-corrected chi connectivity index (χ3v) is 10.3. The first-order chi connectivity index (χ1) is 28.2. The van der Waals surface area contributed by atoms with Gasteiger partial charge in [0, 0.05) is 49.7 Å². The van der Waals surface area contributed by atoms with Gasteiger partial charge < -0.3 is 4.57 Å². The minimum absolute atomic E-state index is 0.573. The number of para-hydroxylation sites is 1. The van der Waals surface area contributed by atoms with Crippen LogP contribution in [0.1, 0.15) is 0 Å². The normalized spacial score (nSPS) is 11.1. The second-order valence-corrected chi connectivity index (χ2v) is 13.8. The van der Waals surface area contributed by atoms with Crippen LogP contribution >= 0.6 is 0 Å². The first kappa shape index (κ1) is 33.6. The molecule has 0 saturated carbocycles. The molecule has 10 aromatic rings. The van der Waals surface area contributed by atoms with Gasteiger partial charge in [0.05, 0.1) is 40.6 Å². The van der Waals surface area contributed by atoms with Crippen LogP contribution in [0.2, 0.25) is 0 Å². The van der Waals surface area contributed by atoms with Crippen molar-refractivity contribution in [2.24, 2.45) is 0 Å². The summed E-state index contributed by atoms with van der Waals surface area (Å²) in [5.74, 6) is 1.22. The van der Waals surface area contributed by atoms with Crippen molar-refractivity contribution in [2.45, 2.75) is 0 Å². The maximum absolute atomic E-state index is 7.88. The van der Waals surface area contributed by atoms with Gasteiger partial charge in [-0.05, 0) is 42.5 Å². The van der Waals surface area contributed by atoms with Gasteiger partial charge in [0.2, 0.25) is 0 Å². The van der Waals surface area contributed by atoms with E-state index in [1.807, 2.05) is 97.1 Å². The molecule has 0 aliphatic carbocycles. The maximum Gasteiger partial charge on any atom is 0.189 e. The molecule has 0 bridgehead atoms. The molecule has 3 aromatic heterocycles. The topological polar surface area (TPSA) is 60.9 Å². The fourth-order valence-electron chi connectivity index (χ4n) is 7.51. The average Bonchev–Trinajstić information content (AvgIpc) is 3.63. The molecule has 0 N–H and O–H groups in total. The van der Waals surface area contributed by atoms with Gasteiger partial charge in [-0.2, -0.15) is 0 Å². The second kappa shape index (κ2) is 14.3. The van der Waals surface area contributed by atoms with Crippen molar-refractivity contribution in [2.75, 3.05) is 0 Å². The van der Waals surface area contributed by atoms with Crippen LogP contribution in [0.3, 0.4) is 0 Å². The summed E-state index contributed by atoms with van der Waals surface area (Å²) in [6.07, 6.45) is 0. The molecule has 0 saturated heterocycles. The van der Waals surface area contributed by atoms with Crippen LogP contribution in [0, 0.1) is 6.57 Å². The van der Waals surface area contributed by atoms with Gasteiger partial charge in [-0.1, -0.05) is 152 Å². The first-order valence-corrected chi connectivity index (χ1v) is 18.8. The molecular formula is C51H32N6. The van der Waals surface area contributed by atoms with Crippen LogP contribution in [-0.4, -0.2) is 24.5 Å². The van der Waals surface area contributed by atoms with Crippen molar-refractivity contribution in [1.82, 2.24) is 24.5 Å². The number of benzene rings is 7. The highest BCUT2D eigenvalue weighted by atomic mass is 15.0. The Balaban J connectivity index is 1.28. The van der Waals surface area contributed by atoms with Crippen LogP contribution in [0.5, 0.6) is 0 Å². The highest BCUT2D eigenvalue weighted by molar-refractivity contribution is 6.10. The summed E-state index contributed by atoms with van der Waals surface area (Å²) < 4.78 is 2.25. The van der Waals surface area contributed by atoms with Crippen LogP contribution in [0.15, 0.2) is 194 Å². The number of rotatable bonds is 7. The monoisotopic (exact) mass is 728 g/mol. The van der Waals surface area contributed by atoms with Gasteiger partial charge in [0.25, 0.3) is 0 Å². The zero-order valence-electron chi connectivity index (χ0n) is 30.7. The second-order valence-electron chi connectivity index (χ2n) is 13.8. The lowest BCUT2D eigenvalue weighted by molar-refractivity contribution is 1.14. The molecule has 0 unspecified atom stereocenters. The predicted molar refractivity (Wildman–Crippen MR) is 231 cm³/mol. The lowest BCUT2D eigenvalue weighted by atomic mass is 10.0. The van der Waals surface area contributed by atoms with Gasteiger partial charge in [0.15, 0.2) is 17.3 Å². The van der Waals surface area contributed by atoms with Crippen LogP contribution < -0.4 is 0 Å². The lowest BCUT2D eigenvalue weighted by Gasteiger charge is -2.17. The fraction of sp³-hybridized carbons (Fsp3) is 0. The molecular weight excluding hydrogens is 697 g/mol. The Morgan fingerprint density at radius 2 is 0.842 bits per heavy atom. The number of hydrogen-bond acceptors (Lipinski definition) is 4. The zero-order valence-corrected chi connectivity index (χ0v) is 30.7. The largest absolute Gasteiger partial charge is 0.310 e. The summed E-state index contributed by atoms with van der Waals surface area (Å²) >= 11 is 0. The molecule has 10 rings (SSSR count). The van der Waals surface area contributed by atoms with E-state index in [0.717, 1.165) is 83.6 Å². The van der Waals surface area contributed by atoms with E-state index >= 15 is 0 Å². The molecule has 3 heterocycles. The summed E-state index contributed by atoms with van der Waals surface area (Å²) in [4.78, 5) is 24.6. The first-order valence-electron chi connectivity index (χ1n) is 18.8. The van der Waals surface area contributed by atoms with E-state index in [-0.39, 0.29) is 0 Å². The third kappa shape index (κ3) is 6.29. The van der Waals surface area contributed by atoms with Crippen molar-refractivity contribution in [3.63, 3.8) is 0 Å². The van der Waals surface area contributed by atoms with Crippen LogP contribution in [0.4, 0.5) is 5.69 Å². The predicted octanol–water partition coefficient (Wildman–Crippen LogP) is 12.9. The summed E-state index contributed by atoms with van der Waals surface area (Å²) in [7, 11) is 0. The Hall–Kier alpha value is -8.01. The average molecular weight is 729 g/mol. The smallest absolute Gasteiger partial charge is 0.189 e. The van der Waals surface area contributed by atoms with Crippen molar-refractivity contribution in [3.8, 4) is 73.5 Å². The standard InChI is InChI=1S/C51H32N6/c1-52-39-27-28-41-40-24-14-15-25-47(40)57(49(41)31-39)48-29-26-38(51-54-43(34-16-6-2-7-17-34)32-44(55-51)35-18-8-3-9-19-35)30-42(48)46-33-45(36-20-10-4-11-21-36)53-50(56-46)37-22-12-5-13-23-37/h2-33H. The van der Waals surface area contributed by atoms with E-state index in [4.69, 9.17) is 26.5 Å². The number of fused-ring (bicyclic) bond motifs is 3. The third-order valence-electron chi connectivity index (χ3n) is 10.3. The van der Waals surface area contributed by atoms with Gasteiger partial charge in [-0.15, -0.1) is 0 Å². The summed E-state index contributed by atoms with van der Waals surface area (Å²) in [6.45, 7) is 7.88. The number of nitrogens with zero attached hydrogens (tertiary/aromatic N) is 6. The van der Waals surface area contributed by atoms with E-state index < -0.39 is 0 Å². The molecule has 0 amide bonds. The minimum Gasteiger partial charge on any atom is -0.310 e. The Morgan fingerprint density at radius 1 is 0.368 bits per heavy atom. The van der Waals surface area contributed by atoms with E-state index in [2.05, 4.69) is 106 Å². The lowest BCUT2D eigenvalue weighted by Crippen LogP contribution is -2.02. The summed E-state index contributed by atoms with van der Waals surface area (Å²) in [6, 6.07) is 65.6. The minimum atomic E-state index is 0.573. The van der Waals surface area contributed by atoms with Crippen LogP contribution in [0.25, 0.3) is 100 Å². The van der Waals surface area contributed by atoms with Gasteiger partial charge in [-0.3, -0.25) is 0 Å². The molecule has 0 radical (unpaired) electrons. The molecule has 0 spiro atoms. The molecule has 0 aliphatic rings. The van der Waals surface area contributed by atoms with Crippen molar-refractivity contribution in [3.05, 3.63) is 206 Å². The van der Waals surface area contributed by atoms with Gasteiger partial charge >= 0.3 is 0 Å². The molecule has 0 aliphatic heterocycles. The quantitative estimate of drug-likeness (QED) is 0.153. The van der Waals surface area contributed by atoms with E-state index in [0.29, 0.717) is 17.3 Å². The molecule has 6 heteroatoms. The highest BCUT2D eigenvalue weighted by Crippen LogP contribution is 2.40. The van der Waals surface area contributed by atoms with Crippen molar-refractivity contribution < 1.29 is 0 Å². The molecule has 0 atom stereocenters. The summed E-state index contributed by atoms with van der Waals surface area (Å²) in [5.41, 5.74) is 12.3. The molecule has 266 valence electrons. The Labute approximate surface area is 329 Å². The molecule has 57 heavy (non-hydrogen) atoms. The van der Waals surface area contributed by atoms with E-state index in [1.54, 1.807) is 0 Å². The van der Waals surface area contributed by atoms with Gasteiger partial charge in [0.1, 0.15) is 0 Å². The Morgan fingerprint density at radius 3 is 1.42 bits per heavy atom. The van der Waals surface area contributed by atoms with Crippen LogP contribution in [-0.2, 0) is 0 Å². The van der Waals surface area contributed by atoms with Crippen molar-refractivity contribution in [1.29, 1.82) is 0 Å². The fourth-order valence-corrected chi connectivity index (χ4v) is 7.51.